The van der Waals surface area contributed by atoms with Crippen LogP contribution in [0, 0.1) is 0 Å². The first-order chi connectivity index (χ1) is 7.79. The molecule has 0 fully saturated rings. The van der Waals surface area contributed by atoms with E-state index in [0.29, 0.717) is 0 Å². The number of aromatic nitrogens is 1. The van der Waals surface area contributed by atoms with Crippen LogP contribution in [-0.4, -0.2) is 17.0 Å². The van der Waals surface area contributed by atoms with E-state index in [1.165, 1.54) is 6.92 Å². The lowest BCUT2D eigenvalue weighted by Gasteiger charge is -2.23. The van der Waals surface area contributed by atoms with E-state index in [0.717, 1.165) is 6.07 Å². The second-order valence-corrected chi connectivity index (χ2v) is 3.78. The molecule has 17 heavy (non-hydrogen) atoms. The average molecular weight is 267 g/mol. The van der Waals surface area contributed by atoms with Crippen molar-refractivity contribution in [2.75, 3.05) is 5.32 Å². The van der Waals surface area contributed by atoms with Crippen LogP contribution in [0.1, 0.15) is 12.5 Å². The first-order valence-corrected chi connectivity index (χ1v) is 4.92. The Morgan fingerprint density at radius 3 is 2.76 bits per heavy atom. The van der Waals surface area contributed by atoms with Gasteiger partial charge in [0, 0.05) is 0 Å². The Morgan fingerprint density at radius 2 is 2.18 bits per heavy atom. The average Bonchev–Trinajstić information content (AvgIpc) is 2.18. The van der Waals surface area contributed by atoms with Gasteiger partial charge in [-0.25, -0.2) is 4.98 Å². The normalized spacial score (nSPS) is 19.4. The van der Waals surface area contributed by atoms with Crippen LogP contribution >= 0.6 is 11.6 Å². The van der Waals surface area contributed by atoms with Crippen molar-refractivity contribution in [3.63, 3.8) is 0 Å². The fourth-order valence-corrected chi connectivity index (χ4v) is 1.56. The third-order valence-corrected chi connectivity index (χ3v) is 2.45. The molecular formula is C9H6ClF3N2O2. The molecule has 1 amide bonds. The molecule has 8 heteroatoms. The number of hydrogen-bond donors (Lipinski definition) is 1. The van der Waals surface area contributed by atoms with Crippen molar-refractivity contribution >= 4 is 23.3 Å². The van der Waals surface area contributed by atoms with Gasteiger partial charge in [-0.15, -0.1) is 0 Å². The lowest BCUT2D eigenvalue weighted by atomic mass is 10.2. The maximum Gasteiger partial charge on any atom is 0.419 e. The van der Waals surface area contributed by atoms with Crippen molar-refractivity contribution in [3.8, 4) is 5.75 Å². The van der Waals surface area contributed by atoms with E-state index in [1.807, 2.05) is 0 Å². The molecule has 0 saturated carbocycles. The largest absolute Gasteiger partial charge is 0.477 e. The molecule has 0 aromatic carbocycles. The molecule has 0 radical (unpaired) electrons. The monoisotopic (exact) mass is 266 g/mol. The maximum absolute atomic E-state index is 12.5. The zero-order chi connectivity index (χ0) is 12.8. The molecule has 1 aliphatic rings. The van der Waals surface area contributed by atoms with Gasteiger partial charge in [-0.05, 0) is 13.0 Å². The number of nitrogens with one attached hydrogen (secondary N) is 1. The van der Waals surface area contributed by atoms with Gasteiger partial charge in [0.2, 0.25) is 0 Å². The molecule has 0 aliphatic carbocycles. The predicted octanol–water partition coefficient (Wildman–Crippen LogP) is 2.47. The van der Waals surface area contributed by atoms with Crippen LogP contribution in [0.5, 0.6) is 5.75 Å². The summed E-state index contributed by atoms with van der Waals surface area (Å²) in [4.78, 5) is 14.7. The van der Waals surface area contributed by atoms with Crippen LogP contribution in [0.15, 0.2) is 6.07 Å². The first-order valence-electron chi connectivity index (χ1n) is 4.54. The van der Waals surface area contributed by atoms with Crippen molar-refractivity contribution in [2.45, 2.75) is 19.2 Å². The van der Waals surface area contributed by atoms with Crippen molar-refractivity contribution in [1.82, 2.24) is 4.98 Å². The molecule has 2 heterocycles. The Labute approximate surface area is 98.7 Å². The molecule has 0 unspecified atom stereocenters. The zero-order valence-corrected chi connectivity index (χ0v) is 9.19. The van der Waals surface area contributed by atoms with E-state index >= 15 is 0 Å². The van der Waals surface area contributed by atoms with Gasteiger partial charge in [0.15, 0.2) is 17.7 Å². The minimum Gasteiger partial charge on any atom is -0.477 e. The molecule has 1 aliphatic heterocycles. The Bertz CT molecular complexity index is 490. The topological polar surface area (TPSA) is 51.2 Å². The van der Waals surface area contributed by atoms with Crippen molar-refractivity contribution in [1.29, 1.82) is 0 Å². The van der Waals surface area contributed by atoms with E-state index in [4.69, 9.17) is 16.3 Å². The third-order valence-electron chi connectivity index (χ3n) is 2.16. The fraction of sp³-hybridized carbons (Fsp3) is 0.333. The van der Waals surface area contributed by atoms with Crippen molar-refractivity contribution in [2.24, 2.45) is 0 Å². The van der Waals surface area contributed by atoms with Gasteiger partial charge >= 0.3 is 6.18 Å². The Balaban J connectivity index is 2.51. The van der Waals surface area contributed by atoms with Gasteiger partial charge in [0.1, 0.15) is 5.15 Å². The van der Waals surface area contributed by atoms with Crippen LogP contribution in [0.25, 0.3) is 0 Å². The summed E-state index contributed by atoms with van der Waals surface area (Å²) in [6, 6.07) is 0.723. The maximum atomic E-state index is 12.5. The zero-order valence-electron chi connectivity index (χ0n) is 8.43. The number of hydrogen-bond acceptors (Lipinski definition) is 3. The second kappa shape index (κ2) is 3.76. The molecule has 0 saturated heterocycles. The molecule has 1 N–H and O–H groups in total. The Kier molecular flexibility index (Phi) is 2.65. The number of rotatable bonds is 0. The molecule has 92 valence electrons. The third kappa shape index (κ3) is 2.14. The molecular weight excluding hydrogens is 261 g/mol. The van der Waals surface area contributed by atoms with E-state index in [9.17, 15) is 18.0 Å². The molecule has 1 aromatic heterocycles. The lowest BCUT2D eigenvalue weighted by Crippen LogP contribution is -2.35. The number of pyridine rings is 1. The molecule has 1 atom stereocenters. The van der Waals surface area contributed by atoms with E-state index < -0.39 is 28.9 Å². The van der Waals surface area contributed by atoms with E-state index in [-0.39, 0.29) is 11.6 Å². The van der Waals surface area contributed by atoms with Gasteiger partial charge in [-0.1, -0.05) is 11.6 Å². The fourth-order valence-electron chi connectivity index (χ4n) is 1.31. The highest BCUT2D eigenvalue weighted by atomic mass is 35.5. The van der Waals surface area contributed by atoms with Crippen LogP contribution in [0.4, 0.5) is 19.0 Å². The molecule has 0 bridgehead atoms. The smallest absolute Gasteiger partial charge is 0.419 e. The van der Waals surface area contributed by atoms with Gasteiger partial charge in [-0.3, -0.25) is 4.79 Å². The number of amides is 1. The highest BCUT2D eigenvalue weighted by molar-refractivity contribution is 6.30. The minimum absolute atomic E-state index is 0.105. The van der Waals surface area contributed by atoms with Crippen LogP contribution in [0.3, 0.4) is 0 Å². The highest BCUT2D eigenvalue weighted by Gasteiger charge is 2.37. The number of carbonyl (C=O) groups is 1. The molecule has 0 spiro atoms. The Hall–Kier alpha value is -1.50. The summed E-state index contributed by atoms with van der Waals surface area (Å²) in [5.74, 6) is -0.735. The summed E-state index contributed by atoms with van der Waals surface area (Å²) in [7, 11) is 0. The van der Waals surface area contributed by atoms with Crippen molar-refractivity contribution < 1.29 is 22.7 Å². The number of nitrogens with zero attached hydrogens (tertiary/aromatic N) is 1. The number of carbonyl (C=O) groups excluding carboxylic acids is 1. The van der Waals surface area contributed by atoms with Gasteiger partial charge < -0.3 is 10.1 Å². The highest BCUT2D eigenvalue weighted by Crippen LogP contribution is 2.39. The molecule has 2 rings (SSSR count). The summed E-state index contributed by atoms with van der Waals surface area (Å²) in [6.07, 6.45) is -5.49. The van der Waals surface area contributed by atoms with E-state index in [2.05, 4.69) is 10.3 Å². The second-order valence-electron chi connectivity index (χ2n) is 3.42. The van der Waals surface area contributed by atoms with Gasteiger partial charge in [-0.2, -0.15) is 13.2 Å². The quantitative estimate of drug-likeness (QED) is 0.734. The summed E-state index contributed by atoms with van der Waals surface area (Å²) in [6.45, 7) is 1.42. The molecule has 1 aromatic rings. The summed E-state index contributed by atoms with van der Waals surface area (Å²) in [5, 5.41) is 1.58. The van der Waals surface area contributed by atoms with Crippen LogP contribution in [0.2, 0.25) is 5.15 Å². The summed E-state index contributed by atoms with van der Waals surface area (Å²) >= 11 is 5.39. The number of fused-ring (bicyclic) bond motifs is 1. The van der Waals surface area contributed by atoms with E-state index in [1.54, 1.807) is 0 Å². The van der Waals surface area contributed by atoms with Crippen LogP contribution < -0.4 is 10.1 Å². The number of alkyl halides is 3. The number of halogens is 4. The number of ether oxygens (including phenoxy) is 1. The summed E-state index contributed by atoms with van der Waals surface area (Å²) < 4.78 is 42.6. The van der Waals surface area contributed by atoms with Crippen molar-refractivity contribution in [3.05, 3.63) is 16.8 Å². The first kappa shape index (κ1) is 12.0. The SMILES string of the molecule is C[C@H]1Oc2cc(C(F)(F)F)c(Cl)nc2NC1=O. The standard InChI is InChI=1S/C9H6ClF3N2O2/c1-3-8(16)15-7-5(17-3)2-4(6(10)14-7)9(11,12)13/h2-3H,1H3,(H,14,15,16)/t3-/m1/s1. The van der Waals surface area contributed by atoms with Gasteiger partial charge in [0.05, 0.1) is 5.56 Å². The Morgan fingerprint density at radius 1 is 1.53 bits per heavy atom. The summed E-state index contributed by atoms with van der Waals surface area (Å²) in [5.41, 5.74) is -1.10. The van der Waals surface area contributed by atoms with Gasteiger partial charge in [0.25, 0.3) is 5.91 Å². The lowest BCUT2D eigenvalue weighted by molar-refractivity contribution is -0.137. The van der Waals surface area contributed by atoms with Crippen LogP contribution in [-0.2, 0) is 11.0 Å². The minimum atomic E-state index is -4.62. The predicted molar refractivity (Wildman–Crippen MR) is 53.0 cm³/mol. The molecule has 4 nitrogen and oxygen atoms in total. The number of anilines is 1.